The van der Waals surface area contributed by atoms with Crippen molar-refractivity contribution < 1.29 is 9.59 Å². The first-order valence-corrected chi connectivity index (χ1v) is 18.6. The molecule has 5 aromatic rings. The Bertz CT molecular complexity index is 2120. The normalized spacial score (nSPS) is 21.7. The highest BCUT2D eigenvalue weighted by Gasteiger charge is 2.29. The molecule has 1 aromatic carbocycles. The summed E-state index contributed by atoms with van der Waals surface area (Å²) in [4.78, 5) is 41.9. The van der Waals surface area contributed by atoms with Crippen LogP contribution in [0.15, 0.2) is 61.4 Å². The number of imide groups is 1. The lowest BCUT2D eigenvalue weighted by Gasteiger charge is -2.37. The van der Waals surface area contributed by atoms with E-state index in [9.17, 15) is 14.9 Å². The van der Waals surface area contributed by atoms with Gasteiger partial charge in [0.15, 0.2) is 11.5 Å². The molecule has 0 bridgehead atoms. The third-order valence-corrected chi connectivity index (χ3v) is 11.0. The molecule has 1 unspecified atom stereocenters. The maximum atomic E-state index is 12.3. The van der Waals surface area contributed by atoms with Gasteiger partial charge in [0, 0.05) is 56.5 Å². The molecular weight excluding hydrogens is 671 g/mol. The molecule has 2 amide bonds. The Morgan fingerprint density at radius 1 is 1.00 bits per heavy atom. The van der Waals surface area contributed by atoms with Crippen LogP contribution in [0, 0.1) is 17.2 Å². The molecule has 0 spiro atoms. The summed E-state index contributed by atoms with van der Waals surface area (Å²) in [5.74, 6) is 1.03. The van der Waals surface area contributed by atoms with E-state index in [1.807, 2.05) is 24.4 Å². The van der Waals surface area contributed by atoms with Crippen LogP contribution >= 0.6 is 0 Å². The highest BCUT2D eigenvalue weighted by molar-refractivity contribution is 6.01. The van der Waals surface area contributed by atoms with Gasteiger partial charge in [0.25, 0.3) is 0 Å². The van der Waals surface area contributed by atoms with E-state index < -0.39 is 6.04 Å². The number of fused-ring (bicyclic) bond motifs is 1. The van der Waals surface area contributed by atoms with Crippen molar-refractivity contribution >= 4 is 34.2 Å². The van der Waals surface area contributed by atoms with E-state index in [0.29, 0.717) is 47.5 Å². The van der Waals surface area contributed by atoms with Gasteiger partial charge in [-0.1, -0.05) is 17.3 Å². The highest BCUT2D eigenvalue weighted by Crippen LogP contribution is 2.37. The van der Waals surface area contributed by atoms with Crippen molar-refractivity contribution in [1.82, 2.24) is 49.9 Å². The quantitative estimate of drug-likeness (QED) is 0.198. The SMILES string of the molecule is C[C@H](C#N)Nc1cc(-n2ncc3cncnc32)ncc1-n1cc(C2CCC(CCN3CCN(c4ccc(C5CCC(=O)NC5=O)cc4)CC3)CC2)nn1. The molecule has 15 nitrogen and oxygen atoms in total. The van der Waals surface area contributed by atoms with Crippen LogP contribution in [-0.2, 0) is 9.59 Å². The molecule has 2 aliphatic heterocycles. The largest absolute Gasteiger partial charge is 0.369 e. The van der Waals surface area contributed by atoms with Crippen LogP contribution < -0.4 is 15.5 Å². The summed E-state index contributed by atoms with van der Waals surface area (Å²) in [5.41, 5.74) is 5.21. The van der Waals surface area contributed by atoms with Crippen LogP contribution in [0.25, 0.3) is 22.5 Å². The number of nitrogens with zero attached hydrogens (tertiary/aromatic N) is 11. The fraction of sp³-hybridized carbons (Fsp3) is 0.447. The van der Waals surface area contributed by atoms with E-state index >= 15 is 0 Å². The van der Waals surface area contributed by atoms with Crippen LogP contribution in [0.5, 0.6) is 0 Å². The van der Waals surface area contributed by atoms with Crippen LogP contribution in [0.2, 0.25) is 0 Å². The Morgan fingerprint density at radius 2 is 1.81 bits per heavy atom. The maximum Gasteiger partial charge on any atom is 0.234 e. The minimum Gasteiger partial charge on any atom is -0.369 e. The number of pyridine rings is 1. The van der Waals surface area contributed by atoms with Gasteiger partial charge in [0.2, 0.25) is 11.8 Å². The van der Waals surface area contributed by atoms with Crippen molar-refractivity contribution in [3.8, 4) is 17.6 Å². The lowest BCUT2D eigenvalue weighted by molar-refractivity contribution is -0.134. The van der Waals surface area contributed by atoms with E-state index in [-0.39, 0.29) is 17.7 Å². The minimum absolute atomic E-state index is 0.180. The number of aromatic nitrogens is 8. The summed E-state index contributed by atoms with van der Waals surface area (Å²) in [6, 6.07) is 12.0. The molecule has 1 saturated carbocycles. The predicted molar refractivity (Wildman–Crippen MR) is 198 cm³/mol. The predicted octanol–water partition coefficient (Wildman–Crippen LogP) is 4.12. The Kier molecular flexibility index (Phi) is 9.77. The van der Waals surface area contributed by atoms with Crippen molar-refractivity contribution in [3.63, 3.8) is 0 Å². The smallest absolute Gasteiger partial charge is 0.234 e. The van der Waals surface area contributed by atoms with Gasteiger partial charge in [-0.2, -0.15) is 15.0 Å². The number of rotatable bonds is 10. The van der Waals surface area contributed by atoms with Crippen LogP contribution in [0.4, 0.5) is 11.4 Å². The summed E-state index contributed by atoms with van der Waals surface area (Å²) in [6.07, 6.45) is 15.3. The van der Waals surface area contributed by atoms with Gasteiger partial charge in [0.05, 0.1) is 47.3 Å². The van der Waals surface area contributed by atoms with Gasteiger partial charge in [-0.25, -0.2) is 19.6 Å². The lowest BCUT2D eigenvalue weighted by Crippen LogP contribution is -2.47. The molecule has 3 aliphatic rings. The number of amides is 2. The van der Waals surface area contributed by atoms with E-state index in [1.54, 1.807) is 34.9 Å². The molecule has 0 radical (unpaired) electrons. The molecule has 15 heteroatoms. The zero-order valence-electron chi connectivity index (χ0n) is 29.8. The number of hydrogen-bond donors (Lipinski definition) is 2. The molecule has 2 saturated heterocycles. The monoisotopic (exact) mass is 713 g/mol. The number of carbonyl (C=O) groups excluding carboxylic acids is 2. The Morgan fingerprint density at radius 3 is 2.58 bits per heavy atom. The highest BCUT2D eigenvalue weighted by atomic mass is 16.2. The van der Waals surface area contributed by atoms with Gasteiger partial charge >= 0.3 is 0 Å². The van der Waals surface area contributed by atoms with E-state index in [4.69, 9.17) is 0 Å². The molecule has 8 rings (SSSR count). The first-order chi connectivity index (χ1) is 25.9. The molecule has 1 aliphatic carbocycles. The third-order valence-electron chi connectivity index (χ3n) is 11.0. The first kappa shape index (κ1) is 34.3. The number of nitrogens with one attached hydrogen (secondary N) is 2. The van der Waals surface area contributed by atoms with E-state index in [1.165, 1.54) is 31.3 Å². The summed E-state index contributed by atoms with van der Waals surface area (Å²) >= 11 is 0. The van der Waals surface area contributed by atoms with Crippen molar-refractivity contribution in [2.75, 3.05) is 42.9 Å². The van der Waals surface area contributed by atoms with Crippen molar-refractivity contribution in [2.24, 2.45) is 5.92 Å². The topological polar surface area (TPSA) is 176 Å². The van der Waals surface area contributed by atoms with Gasteiger partial charge in [-0.15, -0.1) is 5.10 Å². The number of nitriles is 1. The maximum absolute atomic E-state index is 12.3. The number of benzene rings is 1. The summed E-state index contributed by atoms with van der Waals surface area (Å²) in [6.45, 7) is 6.98. The second kappa shape index (κ2) is 15.1. The molecule has 53 heavy (non-hydrogen) atoms. The Labute approximate surface area is 307 Å². The lowest BCUT2D eigenvalue weighted by atomic mass is 9.79. The first-order valence-electron chi connectivity index (χ1n) is 18.6. The zero-order valence-corrected chi connectivity index (χ0v) is 29.8. The number of piperidine rings is 1. The fourth-order valence-electron chi connectivity index (χ4n) is 7.91. The van der Waals surface area contributed by atoms with Crippen LogP contribution in [-0.4, -0.2) is 95.2 Å². The van der Waals surface area contributed by atoms with Gasteiger partial charge in [0.1, 0.15) is 18.1 Å². The molecule has 3 fully saturated rings. The summed E-state index contributed by atoms with van der Waals surface area (Å²) < 4.78 is 3.40. The summed E-state index contributed by atoms with van der Waals surface area (Å²) in [5, 5.41) is 29.6. The van der Waals surface area contributed by atoms with Gasteiger partial charge < -0.3 is 10.2 Å². The number of hydrogen-bond acceptors (Lipinski definition) is 12. The van der Waals surface area contributed by atoms with Crippen LogP contribution in [0.1, 0.15) is 75.0 Å². The van der Waals surface area contributed by atoms with E-state index in [0.717, 1.165) is 62.2 Å². The summed E-state index contributed by atoms with van der Waals surface area (Å²) in [7, 11) is 0. The van der Waals surface area contributed by atoms with Crippen LogP contribution in [0.3, 0.4) is 0 Å². The molecule has 2 N–H and O–H groups in total. The molecule has 6 heterocycles. The van der Waals surface area contributed by atoms with Crippen molar-refractivity contribution in [1.29, 1.82) is 5.26 Å². The minimum atomic E-state index is -0.436. The Hall–Kier alpha value is -5.75. The molecular formula is C38H43N13O2. The van der Waals surface area contributed by atoms with Crippen molar-refractivity contribution in [2.45, 2.75) is 69.7 Å². The molecule has 4 aromatic heterocycles. The number of piperazine rings is 1. The average molecular weight is 714 g/mol. The second-order valence-corrected chi connectivity index (χ2v) is 14.4. The standard InChI is InChI=1S/C38H43N13O2/c1-25(19-39)44-32-18-35(51-37-29(21-43-51)20-40-24-42-37)41-22-34(32)50-23-33(46-47-50)28-4-2-26(3-5-28)12-13-48-14-16-49(17-15-48)30-8-6-27(7-9-30)31-10-11-36(52)45-38(31)53/h6-9,18,20-26,28,31H,2-5,10-17H2,1H3,(H,41,44)(H,45,52,53)/t25-,26?,28?,31?/m1/s1. The average Bonchev–Trinajstić information content (AvgIpc) is 3.86. The zero-order chi connectivity index (χ0) is 36.3. The number of carbonyl (C=O) groups is 2. The molecule has 272 valence electrons. The second-order valence-electron chi connectivity index (χ2n) is 14.4. The molecule has 2 atom stereocenters. The Balaban J connectivity index is 0.828. The number of anilines is 2. The van der Waals surface area contributed by atoms with Gasteiger partial charge in [-0.05, 0) is 75.6 Å². The van der Waals surface area contributed by atoms with E-state index in [2.05, 4.69) is 69.0 Å². The van der Waals surface area contributed by atoms with Gasteiger partial charge in [-0.3, -0.25) is 19.8 Å². The van der Waals surface area contributed by atoms with Crippen molar-refractivity contribution in [3.05, 3.63) is 72.7 Å². The third kappa shape index (κ3) is 7.45. The fourth-order valence-corrected chi connectivity index (χ4v) is 7.91.